The molecule has 2 atom stereocenters. The molecule has 106 valence electrons. The lowest BCUT2D eigenvalue weighted by Crippen LogP contribution is -2.37. The van der Waals surface area contributed by atoms with E-state index in [1.807, 2.05) is 0 Å². The first-order chi connectivity index (χ1) is 9.74. The third kappa shape index (κ3) is 1.84. The van der Waals surface area contributed by atoms with Crippen molar-refractivity contribution in [3.8, 4) is 0 Å². The SMILES string of the molecule is Fc1ccc2[nH]c(=S)n(C3CCN4CCCCC34)c2c1. The van der Waals surface area contributed by atoms with Crippen molar-refractivity contribution in [2.24, 2.45) is 0 Å². The van der Waals surface area contributed by atoms with Crippen LogP contribution in [0, 0.1) is 10.6 Å². The summed E-state index contributed by atoms with van der Waals surface area (Å²) in [6, 6.07) is 5.83. The molecule has 4 rings (SSSR count). The van der Waals surface area contributed by atoms with Gasteiger partial charge in [0.25, 0.3) is 0 Å². The van der Waals surface area contributed by atoms with E-state index in [0.29, 0.717) is 12.1 Å². The molecular weight excluding hydrogens is 273 g/mol. The Hall–Kier alpha value is -1.20. The molecule has 2 aliphatic heterocycles. The van der Waals surface area contributed by atoms with Crippen molar-refractivity contribution in [1.29, 1.82) is 0 Å². The van der Waals surface area contributed by atoms with Crippen molar-refractivity contribution in [3.05, 3.63) is 28.8 Å². The Bertz CT molecular complexity index is 705. The van der Waals surface area contributed by atoms with Gasteiger partial charge in [-0.3, -0.25) is 4.90 Å². The van der Waals surface area contributed by atoms with Gasteiger partial charge in [0.05, 0.1) is 17.1 Å². The number of aromatic nitrogens is 2. The summed E-state index contributed by atoms with van der Waals surface area (Å²) in [5.41, 5.74) is 1.85. The van der Waals surface area contributed by atoms with Crippen LogP contribution in [-0.2, 0) is 0 Å². The molecule has 3 heterocycles. The number of benzene rings is 1. The minimum absolute atomic E-state index is 0.196. The van der Waals surface area contributed by atoms with E-state index in [-0.39, 0.29) is 5.82 Å². The summed E-state index contributed by atoms with van der Waals surface area (Å²) >= 11 is 5.49. The molecule has 0 spiro atoms. The van der Waals surface area contributed by atoms with Crippen LogP contribution in [-0.4, -0.2) is 33.6 Å². The van der Waals surface area contributed by atoms with E-state index in [9.17, 15) is 4.39 Å². The highest BCUT2D eigenvalue weighted by atomic mass is 32.1. The normalized spacial score (nSPS) is 27.1. The maximum absolute atomic E-state index is 13.6. The number of halogens is 1. The number of aromatic amines is 1. The molecule has 2 fully saturated rings. The molecule has 5 heteroatoms. The minimum Gasteiger partial charge on any atom is -0.331 e. The van der Waals surface area contributed by atoms with Gasteiger partial charge in [-0.25, -0.2) is 4.39 Å². The Morgan fingerprint density at radius 1 is 1.15 bits per heavy atom. The summed E-state index contributed by atoms with van der Waals surface area (Å²) in [6.45, 7) is 2.34. The molecular formula is C15H18FN3S. The van der Waals surface area contributed by atoms with E-state index in [0.717, 1.165) is 28.8 Å². The summed E-state index contributed by atoms with van der Waals surface area (Å²) in [4.78, 5) is 5.80. The number of hydrogen-bond donors (Lipinski definition) is 1. The fraction of sp³-hybridized carbons (Fsp3) is 0.533. The van der Waals surface area contributed by atoms with Crippen molar-refractivity contribution < 1.29 is 4.39 Å². The van der Waals surface area contributed by atoms with Crippen molar-refractivity contribution in [2.75, 3.05) is 13.1 Å². The highest BCUT2D eigenvalue weighted by Gasteiger charge is 2.37. The predicted molar refractivity (Wildman–Crippen MR) is 79.9 cm³/mol. The van der Waals surface area contributed by atoms with Crippen LogP contribution in [0.5, 0.6) is 0 Å². The molecule has 1 N–H and O–H groups in total. The molecule has 2 unspecified atom stereocenters. The lowest BCUT2D eigenvalue weighted by molar-refractivity contribution is 0.174. The second-order valence-corrected chi connectivity index (χ2v) is 6.30. The molecule has 3 nitrogen and oxygen atoms in total. The Balaban J connectivity index is 1.83. The molecule has 2 aliphatic rings. The summed E-state index contributed by atoms with van der Waals surface area (Å²) in [6.07, 6.45) is 4.94. The molecule has 2 aromatic rings. The molecule has 0 radical (unpaired) electrons. The van der Waals surface area contributed by atoms with Gasteiger partial charge in [0.1, 0.15) is 5.82 Å². The average molecular weight is 291 g/mol. The highest BCUT2D eigenvalue weighted by Crippen LogP contribution is 2.37. The second-order valence-electron chi connectivity index (χ2n) is 5.92. The second kappa shape index (κ2) is 4.67. The van der Waals surface area contributed by atoms with Crippen molar-refractivity contribution in [1.82, 2.24) is 14.5 Å². The van der Waals surface area contributed by atoms with Gasteiger partial charge in [-0.15, -0.1) is 0 Å². The summed E-state index contributed by atoms with van der Waals surface area (Å²) in [7, 11) is 0. The zero-order valence-corrected chi connectivity index (χ0v) is 12.1. The molecule has 1 aromatic heterocycles. The van der Waals surface area contributed by atoms with Gasteiger partial charge < -0.3 is 9.55 Å². The number of H-pyrrole nitrogens is 1. The topological polar surface area (TPSA) is 24.0 Å². The first-order valence-corrected chi connectivity index (χ1v) is 7.79. The predicted octanol–water partition coefficient (Wildman–Crippen LogP) is 3.64. The molecule has 20 heavy (non-hydrogen) atoms. The quantitative estimate of drug-likeness (QED) is 0.811. The van der Waals surface area contributed by atoms with Crippen LogP contribution < -0.4 is 0 Å². The van der Waals surface area contributed by atoms with Gasteiger partial charge in [0.15, 0.2) is 4.77 Å². The third-order valence-corrected chi connectivity index (χ3v) is 5.13. The number of nitrogens with zero attached hydrogens (tertiary/aromatic N) is 2. The number of piperidine rings is 1. The Labute approximate surface area is 122 Å². The summed E-state index contributed by atoms with van der Waals surface area (Å²) < 4.78 is 16.5. The zero-order valence-electron chi connectivity index (χ0n) is 11.3. The van der Waals surface area contributed by atoms with Gasteiger partial charge in [-0.2, -0.15) is 0 Å². The number of hydrogen-bond acceptors (Lipinski definition) is 2. The Morgan fingerprint density at radius 3 is 2.95 bits per heavy atom. The smallest absolute Gasteiger partial charge is 0.178 e. The van der Waals surface area contributed by atoms with Gasteiger partial charge >= 0.3 is 0 Å². The van der Waals surface area contributed by atoms with Crippen LogP contribution in [0.25, 0.3) is 11.0 Å². The molecule has 0 saturated carbocycles. The number of fused-ring (bicyclic) bond motifs is 2. The lowest BCUT2D eigenvalue weighted by atomic mass is 9.99. The van der Waals surface area contributed by atoms with Gasteiger partial charge in [-0.1, -0.05) is 6.42 Å². The monoisotopic (exact) mass is 291 g/mol. The van der Waals surface area contributed by atoms with Crippen molar-refractivity contribution >= 4 is 23.3 Å². The molecule has 2 saturated heterocycles. The van der Waals surface area contributed by atoms with E-state index in [2.05, 4.69) is 14.5 Å². The van der Waals surface area contributed by atoms with Gasteiger partial charge in [0, 0.05) is 12.6 Å². The van der Waals surface area contributed by atoms with Crippen LogP contribution in [0.4, 0.5) is 4.39 Å². The Kier molecular flexibility index (Phi) is 2.93. The van der Waals surface area contributed by atoms with Gasteiger partial charge in [0.2, 0.25) is 0 Å². The number of nitrogens with one attached hydrogen (secondary N) is 1. The lowest BCUT2D eigenvalue weighted by Gasteiger charge is -2.32. The zero-order chi connectivity index (χ0) is 13.7. The number of rotatable bonds is 1. The fourth-order valence-electron chi connectivity index (χ4n) is 3.95. The minimum atomic E-state index is -0.196. The molecule has 1 aromatic carbocycles. The first kappa shape index (κ1) is 12.5. The molecule has 0 amide bonds. The Morgan fingerprint density at radius 2 is 2.05 bits per heavy atom. The van der Waals surface area contributed by atoms with Crippen molar-refractivity contribution in [2.45, 2.75) is 37.8 Å². The van der Waals surface area contributed by atoms with Crippen LogP contribution in [0.15, 0.2) is 18.2 Å². The van der Waals surface area contributed by atoms with E-state index in [1.54, 1.807) is 12.1 Å². The third-order valence-electron chi connectivity index (χ3n) is 4.83. The van der Waals surface area contributed by atoms with E-state index in [1.165, 1.54) is 31.9 Å². The summed E-state index contributed by atoms with van der Waals surface area (Å²) in [5, 5.41) is 0. The molecule has 0 bridgehead atoms. The largest absolute Gasteiger partial charge is 0.331 e. The maximum Gasteiger partial charge on any atom is 0.178 e. The van der Waals surface area contributed by atoms with Crippen LogP contribution in [0.3, 0.4) is 0 Å². The van der Waals surface area contributed by atoms with E-state index in [4.69, 9.17) is 12.2 Å². The number of imidazole rings is 1. The maximum atomic E-state index is 13.6. The van der Waals surface area contributed by atoms with Gasteiger partial charge in [-0.05, 0) is 56.2 Å². The van der Waals surface area contributed by atoms with Crippen molar-refractivity contribution in [3.63, 3.8) is 0 Å². The average Bonchev–Trinajstić information content (AvgIpc) is 2.99. The summed E-state index contributed by atoms with van der Waals surface area (Å²) in [5.74, 6) is -0.196. The highest BCUT2D eigenvalue weighted by molar-refractivity contribution is 7.71. The van der Waals surface area contributed by atoms with E-state index >= 15 is 0 Å². The van der Waals surface area contributed by atoms with E-state index < -0.39 is 0 Å². The van der Waals surface area contributed by atoms with Crippen LogP contribution in [0.2, 0.25) is 0 Å². The molecule has 0 aliphatic carbocycles. The standard InChI is InChI=1S/C15H18FN3S/c16-10-4-5-11-14(9-10)19(15(20)17-11)13-6-8-18-7-2-1-3-12(13)18/h4-5,9,12-13H,1-3,6-8H2,(H,17,20). The fourth-order valence-corrected chi connectivity index (χ4v) is 4.29. The first-order valence-electron chi connectivity index (χ1n) is 7.38. The van der Waals surface area contributed by atoms with Crippen LogP contribution >= 0.6 is 12.2 Å². The van der Waals surface area contributed by atoms with Crippen LogP contribution in [0.1, 0.15) is 31.7 Å².